The molecule has 0 fully saturated rings. The van der Waals surface area contributed by atoms with Crippen LogP contribution in [0.3, 0.4) is 0 Å². The third-order valence-electron chi connectivity index (χ3n) is 3.76. The van der Waals surface area contributed by atoms with Crippen LogP contribution in [0.4, 0.5) is 0 Å². The van der Waals surface area contributed by atoms with Gasteiger partial charge in [-0.1, -0.05) is 28.1 Å². The molecule has 0 saturated carbocycles. The number of nitriles is 1. The van der Waals surface area contributed by atoms with E-state index < -0.39 is 0 Å². The van der Waals surface area contributed by atoms with Gasteiger partial charge in [-0.25, -0.2) is 0 Å². The first-order valence-corrected chi connectivity index (χ1v) is 7.44. The molecule has 0 spiro atoms. The molecule has 0 aliphatic heterocycles. The number of rotatable bonds is 1. The number of fused-ring (bicyclic) bond motifs is 1. The average Bonchev–Trinajstić information content (AvgIpc) is 2.47. The molecule has 1 N–H and O–H groups in total. The largest absolute Gasteiger partial charge is 0.325 e. The summed E-state index contributed by atoms with van der Waals surface area (Å²) in [7, 11) is 0. The molecule has 100 valence electrons. The van der Waals surface area contributed by atoms with Gasteiger partial charge in [0.2, 0.25) is 0 Å². The van der Waals surface area contributed by atoms with Crippen LogP contribution in [0.2, 0.25) is 0 Å². The number of aromatic amines is 1. The quantitative estimate of drug-likeness (QED) is 0.869. The van der Waals surface area contributed by atoms with E-state index in [0.717, 1.165) is 52.5 Å². The van der Waals surface area contributed by atoms with Crippen LogP contribution in [0, 0.1) is 11.3 Å². The molecule has 20 heavy (non-hydrogen) atoms. The van der Waals surface area contributed by atoms with Gasteiger partial charge in [0.15, 0.2) is 0 Å². The highest BCUT2D eigenvalue weighted by molar-refractivity contribution is 9.10. The van der Waals surface area contributed by atoms with Crippen LogP contribution in [0.5, 0.6) is 0 Å². The van der Waals surface area contributed by atoms with E-state index in [9.17, 15) is 10.1 Å². The second-order valence-corrected chi connectivity index (χ2v) is 5.90. The van der Waals surface area contributed by atoms with Crippen molar-refractivity contribution in [2.75, 3.05) is 0 Å². The van der Waals surface area contributed by atoms with Crippen LogP contribution in [-0.4, -0.2) is 4.98 Å². The van der Waals surface area contributed by atoms with Crippen molar-refractivity contribution >= 4 is 15.9 Å². The van der Waals surface area contributed by atoms with E-state index in [4.69, 9.17) is 0 Å². The lowest BCUT2D eigenvalue weighted by Gasteiger charge is -2.20. The maximum atomic E-state index is 12.1. The predicted octanol–water partition coefficient (Wildman–Crippen LogP) is 3.55. The van der Waals surface area contributed by atoms with E-state index in [-0.39, 0.29) is 11.1 Å². The molecular weight excluding hydrogens is 317 g/mol. The van der Waals surface area contributed by atoms with Crippen molar-refractivity contribution in [2.24, 2.45) is 0 Å². The Morgan fingerprint density at radius 1 is 1.15 bits per heavy atom. The van der Waals surface area contributed by atoms with E-state index >= 15 is 0 Å². The van der Waals surface area contributed by atoms with Crippen molar-refractivity contribution in [1.82, 2.24) is 4.98 Å². The maximum absolute atomic E-state index is 12.1. The summed E-state index contributed by atoms with van der Waals surface area (Å²) in [6.45, 7) is 0. The molecule has 1 heterocycles. The smallest absolute Gasteiger partial charge is 0.266 e. The Hall–Kier alpha value is -1.86. The monoisotopic (exact) mass is 329 g/mol. The highest BCUT2D eigenvalue weighted by Gasteiger charge is 2.20. The Morgan fingerprint density at radius 2 is 1.85 bits per heavy atom. The van der Waals surface area contributed by atoms with Gasteiger partial charge in [-0.2, -0.15) is 5.26 Å². The molecule has 1 aliphatic rings. The maximum Gasteiger partial charge on any atom is 0.266 e. The Bertz CT molecular complexity index is 754. The van der Waals surface area contributed by atoms with Crippen LogP contribution in [0.15, 0.2) is 33.5 Å². The Labute approximate surface area is 125 Å². The summed E-state index contributed by atoms with van der Waals surface area (Å²) in [6.07, 6.45) is 4.01. The third-order valence-corrected chi connectivity index (χ3v) is 4.28. The number of hydrogen-bond donors (Lipinski definition) is 1. The fraction of sp³-hybridized carbons (Fsp3) is 0.250. The fourth-order valence-corrected chi connectivity index (χ4v) is 3.09. The summed E-state index contributed by atoms with van der Waals surface area (Å²) in [5.41, 5.74) is 3.85. The Balaban J connectivity index is 2.32. The van der Waals surface area contributed by atoms with Crippen LogP contribution in [0.1, 0.15) is 29.7 Å². The molecule has 2 aromatic rings. The van der Waals surface area contributed by atoms with E-state index in [2.05, 4.69) is 27.0 Å². The molecule has 1 aromatic carbocycles. The molecule has 0 radical (unpaired) electrons. The predicted molar refractivity (Wildman–Crippen MR) is 81.6 cm³/mol. The van der Waals surface area contributed by atoms with Gasteiger partial charge in [0.05, 0.1) is 0 Å². The number of nitrogens with one attached hydrogen (secondary N) is 1. The summed E-state index contributed by atoms with van der Waals surface area (Å²) < 4.78 is 0.985. The van der Waals surface area contributed by atoms with Crippen molar-refractivity contribution < 1.29 is 0 Å². The highest BCUT2D eigenvalue weighted by Crippen LogP contribution is 2.32. The van der Waals surface area contributed by atoms with Crippen molar-refractivity contribution in [3.63, 3.8) is 0 Å². The zero-order valence-corrected chi connectivity index (χ0v) is 12.5. The molecule has 0 amide bonds. The van der Waals surface area contributed by atoms with Gasteiger partial charge in [0.25, 0.3) is 5.56 Å². The molecule has 0 saturated heterocycles. The zero-order chi connectivity index (χ0) is 14.1. The van der Waals surface area contributed by atoms with E-state index in [1.165, 1.54) is 0 Å². The van der Waals surface area contributed by atoms with Gasteiger partial charge in [-0.05, 0) is 48.9 Å². The van der Waals surface area contributed by atoms with Gasteiger partial charge in [-0.3, -0.25) is 4.79 Å². The zero-order valence-electron chi connectivity index (χ0n) is 10.9. The minimum Gasteiger partial charge on any atom is -0.325 e. The van der Waals surface area contributed by atoms with Crippen LogP contribution >= 0.6 is 15.9 Å². The highest BCUT2D eigenvalue weighted by atomic mass is 79.9. The van der Waals surface area contributed by atoms with Gasteiger partial charge in [-0.15, -0.1) is 0 Å². The van der Waals surface area contributed by atoms with Crippen LogP contribution < -0.4 is 5.56 Å². The van der Waals surface area contributed by atoms with Gasteiger partial charge in [0.1, 0.15) is 11.6 Å². The Morgan fingerprint density at radius 3 is 2.55 bits per heavy atom. The van der Waals surface area contributed by atoms with Crippen molar-refractivity contribution in [3.05, 3.63) is 55.9 Å². The molecule has 0 bridgehead atoms. The molecule has 3 nitrogen and oxygen atoms in total. The summed E-state index contributed by atoms with van der Waals surface area (Å²) >= 11 is 3.41. The SMILES string of the molecule is N#C[13c]1c(-c2ccc(Br)cc2)c2c([nH]c1=O)CCCC2. The van der Waals surface area contributed by atoms with E-state index in [1.54, 1.807) is 0 Å². The third kappa shape index (κ3) is 2.19. The molecule has 4 heteroatoms. The van der Waals surface area contributed by atoms with Crippen molar-refractivity contribution in [3.8, 4) is 17.2 Å². The first kappa shape index (κ1) is 13.1. The number of H-pyrrole nitrogens is 1. The second kappa shape index (κ2) is 5.26. The van der Waals surface area contributed by atoms with E-state index in [1.807, 2.05) is 24.3 Å². The number of nitrogens with zero attached hydrogens (tertiary/aromatic N) is 1. The number of aromatic nitrogens is 1. The lowest BCUT2D eigenvalue weighted by atomic mass is 9.91. The second-order valence-electron chi connectivity index (χ2n) is 4.99. The first-order chi connectivity index (χ1) is 9.70. The molecule has 1 aliphatic carbocycles. The summed E-state index contributed by atoms with van der Waals surface area (Å²) in [5, 5.41) is 9.34. The lowest BCUT2D eigenvalue weighted by Crippen LogP contribution is -2.20. The average molecular weight is 330 g/mol. The topological polar surface area (TPSA) is 56.6 Å². The summed E-state index contributed by atoms with van der Waals surface area (Å²) in [4.78, 5) is 15.0. The summed E-state index contributed by atoms with van der Waals surface area (Å²) in [6, 6.07) is 9.85. The van der Waals surface area contributed by atoms with Crippen molar-refractivity contribution in [1.29, 1.82) is 5.26 Å². The minimum absolute atomic E-state index is 0.230. The number of halogens is 1. The Kier molecular flexibility index (Phi) is 3.45. The molecular formula is C16H13BrN2O. The number of pyridine rings is 1. The number of aryl methyl sites for hydroxylation is 1. The molecule has 1 aromatic heterocycles. The normalized spacial score (nSPS) is 13.6. The number of hydrogen-bond acceptors (Lipinski definition) is 2. The fourth-order valence-electron chi connectivity index (χ4n) is 2.82. The first-order valence-electron chi connectivity index (χ1n) is 6.65. The molecule has 0 atom stereocenters. The van der Waals surface area contributed by atoms with Crippen LogP contribution in [-0.2, 0) is 12.8 Å². The number of benzene rings is 1. The minimum atomic E-state index is -0.272. The van der Waals surface area contributed by atoms with E-state index in [0.29, 0.717) is 0 Å². The lowest BCUT2D eigenvalue weighted by molar-refractivity contribution is 0.666. The van der Waals surface area contributed by atoms with Gasteiger partial charge in [0, 0.05) is 15.7 Å². The summed E-state index contributed by atoms with van der Waals surface area (Å²) in [5.74, 6) is 0. The standard InChI is InChI=1S/C16H13BrN2O/c17-11-7-5-10(6-8-11)15-12-3-1-2-4-14(12)19-16(20)13(15)9-18/h5-8H,1-4H2,(H,19,20)/i13+1. The molecule has 0 unspecified atom stereocenters. The van der Waals surface area contributed by atoms with Gasteiger partial charge < -0.3 is 4.98 Å². The van der Waals surface area contributed by atoms with Crippen LogP contribution in [0.25, 0.3) is 11.1 Å². The van der Waals surface area contributed by atoms with Gasteiger partial charge >= 0.3 is 0 Å². The molecule has 3 rings (SSSR count). The van der Waals surface area contributed by atoms with Crippen molar-refractivity contribution in [2.45, 2.75) is 25.7 Å².